The van der Waals surface area contributed by atoms with Gasteiger partial charge in [0, 0.05) is 45.9 Å². The molecule has 302 valence electrons. The summed E-state index contributed by atoms with van der Waals surface area (Å²) in [7, 11) is 0. The molecule has 5 aromatic rings. The van der Waals surface area contributed by atoms with Gasteiger partial charge in [-0.15, -0.1) is 22.7 Å². The standard InChI is InChI=1S/C41H51N9O5S2/c42-16-6-5-12-31(36(43)51)47-39(54)34(22-27-8-7-19-56-27)49-37(52)32(20-25-23-46-30-11-3-1-9-28(25)30)48-38(53)33(50-40(55)41(44)14-17-45-18-15-41)21-26-24-57-35-13-4-2-10-29(26)35/h1-4,7-11,13,19,23-24,31-34,45-46H,5-6,12,14-18,20-22,42,44H2,(H2,43,51)(H,47,54)(H,48,53)(H,49,52)(H,50,55)/t31-,32+,33+,34-/m0/s1. The minimum Gasteiger partial charge on any atom is -0.368 e. The van der Waals surface area contributed by atoms with Gasteiger partial charge in [-0.25, -0.2) is 0 Å². The molecule has 0 bridgehead atoms. The van der Waals surface area contributed by atoms with Crippen molar-refractivity contribution in [1.82, 2.24) is 31.6 Å². The largest absolute Gasteiger partial charge is 0.368 e. The Hall–Kier alpha value is -5.13. The van der Waals surface area contributed by atoms with Crippen LogP contribution in [-0.4, -0.2) is 83.9 Å². The van der Waals surface area contributed by atoms with Crippen LogP contribution in [0.5, 0.6) is 0 Å². The highest BCUT2D eigenvalue weighted by Gasteiger charge is 2.38. The number of amides is 5. The molecule has 12 N–H and O–H groups in total. The molecule has 1 aliphatic rings. The smallest absolute Gasteiger partial charge is 0.243 e. The number of fused-ring (bicyclic) bond motifs is 2. The van der Waals surface area contributed by atoms with Crippen LogP contribution in [-0.2, 0) is 43.2 Å². The monoisotopic (exact) mass is 813 g/mol. The van der Waals surface area contributed by atoms with Gasteiger partial charge >= 0.3 is 0 Å². The number of hydrogen-bond donors (Lipinski definition) is 9. The lowest BCUT2D eigenvalue weighted by molar-refractivity contribution is -0.135. The normalized spacial score (nSPS) is 16.0. The van der Waals surface area contributed by atoms with Crippen LogP contribution in [0.15, 0.2) is 77.6 Å². The van der Waals surface area contributed by atoms with E-state index in [1.165, 1.54) is 11.3 Å². The Morgan fingerprint density at radius 3 is 2.04 bits per heavy atom. The van der Waals surface area contributed by atoms with Crippen molar-refractivity contribution in [3.8, 4) is 0 Å². The van der Waals surface area contributed by atoms with Crippen molar-refractivity contribution in [1.29, 1.82) is 0 Å². The third kappa shape index (κ3) is 10.6. The highest BCUT2D eigenvalue weighted by molar-refractivity contribution is 7.17. The fourth-order valence-electron chi connectivity index (χ4n) is 7.19. The van der Waals surface area contributed by atoms with Crippen LogP contribution in [0.1, 0.15) is 48.1 Å². The van der Waals surface area contributed by atoms with Crippen molar-refractivity contribution >= 4 is 73.2 Å². The average molecular weight is 814 g/mol. The molecule has 0 spiro atoms. The highest BCUT2D eigenvalue weighted by Crippen LogP contribution is 2.27. The summed E-state index contributed by atoms with van der Waals surface area (Å²) in [5.41, 5.74) is 19.2. The Balaban J connectivity index is 1.29. The topological polar surface area (TPSA) is 239 Å². The lowest BCUT2D eigenvalue weighted by Crippen LogP contribution is -2.63. The molecule has 3 aromatic heterocycles. The second kappa shape index (κ2) is 19.3. The number of aromatic amines is 1. The maximum atomic E-state index is 14.6. The Bertz CT molecular complexity index is 2160. The van der Waals surface area contributed by atoms with Crippen molar-refractivity contribution < 1.29 is 24.0 Å². The van der Waals surface area contributed by atoms with Gasteiger partial charge < -0.3 is 48.8 Å². The van der Waals surface area contributed by atoms with Crippen LogP contribution in [0.4, 0.5) is 0 Å². The van der Waals surface area contributed by atoms with Gasteiger partial charge in [-0.3, -0.25) is 24.0 Å². The predicted molar refractivity (Wildman–Crippen MR) is 224 cm³/mol. The molecule has 6 rings (SSSR count). The minimum absolute atomic E-state index is 0.0620. The molecular weight excluding hydrogens is 763 g/mol. The summed E-state index contributed by atoms with van der Waals surface area (Å²) in [5.74, 6) is -2.92. The maximum absolute atomic E-state index is 14.6. The Labute approximate surface area is 339 Å². The molecule has 0 saturated carbocycles. The Morgan fingerprint density at radius 2 is 1.35 bits per heavy atom. The first kappa shape index (κ1) is 41.5. The molecule has 2 aromatic carbocycles. The summed E-state index contributed by atoms with van der Waals surface area (Å²) in [6.45, 7) is 1.56. The second-order valence-corrected chi connectivity index (χ2v) is 16.6. The molecule has 5 amide bonds. The van der Waals surface area contributed by atoms with E-state index in [0.717, 1.165) is 37.0 Å². The molecule has 4 heterocycles. The van der Waals surface area contributed by atoms with Gasteiger partial charge in [-0.2, -0.15) is 0 Å². The molecule has 14 nitrogen and oxygen atoms in total. The molecule has 1 fully saturated rings. The number of nitrogens with two attached hydrogens (primary N) is 3. The molecule has 4 atom stereocenters. The fourth-order valence-corrected chi connectivity index (χ4v) is 8.91. The number of aromatic nitrogens is 1. The van der Waals surface area contributed by atoms with Gasteiger partial charge in [0.2, 0.25) is 29.5 Å². The third-order valence-corrected chi connectivity index (χ3v) is 12.4. The second-order valence-electron chi connectivity index (χ2n) is 14.6. The zero-order valence-electron chi connectivity index (χ0n) is 31.7. The van der Waals surface area contributed by atoms with Crippen molar-refractivity contribution in [3.05, 3.63) is 93.6 Å². The molecule has 1 aliphatic heterocycles. The van der Waals surface area contributed by atoms with E-state index >= 15 is 0 Å². The van der Waals surface area contributed by atoms with Gasteiger partial charge in [0.05, 0.1) is 5.54 Å². The first-order chi connectivity index (χ1) is 27.5. The summed E-state index contributed by atoms with van der Waals surface area (Å²) in [4.78, 5) is 73.2. The lowest BCUT2D eigenvalue weighted by atomic mass is 9.88. The van der Waals surface area contributed by atoms with Crippen LogP contribution in [0.3, 0.4) is 0 Å². The van der Waals surface area contributed by atoms with Gasteiger partial charge in [-0.05, 0) is 97.2 Å². The summed E-state index contributed by atoms with van der Waals surface area (Å²) in [6.07, 6.45) is 4.46. The molecule has 1 saturated heterocycles. The van der Waals surface area contributed by atoms with E-state index in [-0.39, 0.29) is 19.3 Å². The molecule has 0 unspecified atom stereocenters. The van der Waals surface area contributed by atoms with Crippen molar-refractivity contribution in [3.63, 3.8) is 0 Å². The van der Waals surface area contributed by atoms with Crippen LogP contribution >= 0.6 is 22.7 Å². The molecular formula is C41H51N9O5S2. The number of unbranched alkanes of at least 4 members (excludes halogenated alkanes) is 1. The van der Waals surface area contributed by atoms with Gasteiger partial charge in [0.1, 0.15) is 24.2 Å². The number of rotatable bonds is 19. The van der Waals surface area contributed by atoms with E-state index in [1.54, 1.807) is 17.5 Å². The number of primary amides is 1. The molecule has 57 heavy (non-hydrogen) atoms. The van der Waals surface area contributed by atoms with E-state index in [0.29, 0.717) is 51.7 Å². The zero-order chi connectivity index (χ0) is 40.4. The lowest BCUT2D eigenvalue weighted by Gasteiger charge is -2.34. The number of hydrogen-bond acceptors (Lipinski definition) is 10. The summed E-state index contributed by atoms with van der Waals surface area (Å²) >= 11 is 2.96. The van der Waals surface area contributed by atoms with Gasteiger partial charge in [-0.1, -0.05) is 42.5 Å². The van der Waals surface area contributed by atoms with E-state index in [9.17, 15) is 24.0 Å². The highest BCUT2D eigenvalue weighted by atomic mass is 32.1. The summed E-state index contributed by atoms with van der Waals surface area (Å²) in [6, 6.07) is 14.8. The average Bonchev–Trinajstić information content (AvgIpc) is 3.98. The van der Waals surface area contributed by atoms with Crippen LogP contribution < -0.4 is 43.8 Å². The number of benzene rings is 2. The number of carbonyl (C=O) groups excluding carboxylic acids is 5. The maximum Gasteiger partial charge on any atom is 0.243 e. The van der Waals surface area contributed by atoms with E-state index in [1.807, 2.05) is 71.4 Å². The third-order valence-electron chi connectivity index (χ3n) is 10.5. The van der Waals surface area contributed by atoms with Crippen molar-refractivity contribution in [2.75, 3.05) is 19.6 Å². The van der Waals surface area contributed by atoms with E-state index in [4.69, 9.17) is 17.2 Å². The van der Waals surface area contributed by atoms with Crippen molar-refractivity contribution in [2.24, 2.45) is 17.2 Å². The fraction of sp³-hybridized carbons (Fsp3) is 0.390. The SMILES string of the molecule is NCCCC[C@H](NC(=O)[C@H](Cc1cccs1)NC(=O)[C@@H](Cc1c[nH]c2ccccc12)NC(=O)[C@@H](Cc1csc2ccccc12)NC(=O)C1(N)CCNCC1)C(N)=O. The minimum atomic E-state index is -1.18. The number of piperidine rings is 1. The van der Waals surface area contributed by atoms with Gasteiger partial charge in [0.15, 0.2) is 0 Å². The Kier molecular flexibility index (Phi) is 14.1. The zero-order valence-corrected chi connectivity index (χ0v) is 33.3. The summed E-state index contributed by atoms with van der Waals surface area (Å²) in [5, 5.41) is 20.4. The molecule has 0 radical (unpaired) electrons. The van der Waals surface area contributed by atoms with Gasteiger partial charge in [0.25, 0.3) is 0 Å². The quantitative estimate of drug-likeness (QED) is 0.0559. The number of thiophene rings is 2. The summed E-state index contributed by atoms with van der Waals surface area (Å²) < 4.78 is 1.04. The molecule has 0 aliphatic carbocycles. The molecule has 16 heteroatoms. The van der Waals surface area contributed by atoms with Crippen molar-refractivity contribution in [2.45, 2.75) is 81.1 Å². The van der Waals surface area contributed by atoms with Crippen LogP contribution in [0.2, 0.25) is 0 Å². The first-order valence-corrected chi connectivity index (χ1v) is 21.0. The van der Waals surface area contributed by atoms with Crippen LogP contribution in [0, 0.1) is 0 Å². The number of nitrogens with one attached hydrogen (secondary N) is 6. The number of H-pyrrole nitrogens is 1. The van der Waals surface area contributed by atoms with Crippen LogP contribution in [0.25, 0.3) is 21.0 Å². The first-order valence-electron chi connectivity index (χ1n) is 19.3. The number of para-hydroxylation sites is 1. The predicted octanol–water partition coefficient (Wildman–Crippen LogP) is 2.11. The Morgan fingerprint density at radius 1 is 0.719 bits per heavy atom. The van der Waals surface area contributed by atoms with E-state index in [2.05, 4.69) is 31.6 Å². The number of carbonyl (C=O) groups is 5. The van der Waals surface area contributed by atoms with E-state index < -0.39 is 59.2 Å².